The molecule has 0 bridgehead atoms. The maximum atomic E-state index is 14.0. The highest BCUT2D eigenvalue weighted by molar-refractivity contribution is 5.97. The van der Waals surface area contributed by atoms with E-state index in [1.165, 1.54) is 16.8 Å². The number of alkyl halides is 9. The van der Waals surface area contributed by atoms with Gasteiger partial charge in [-0.05, 0) is 97.7 Å². The van der Waals surface area contributed by atoms with Crippen molar-refractivity contribution >= 4 is 23.5 Å². The Morgan fingerprint density at radius 2 is 1.47 bits per heavy atom. The smallest absolute Gasteiger partial charge is 0.416 e. The molecule has 9 nitrogen and oxygen atoms in total. The minimum absolute atomic E-state index is 0.0271. The average molecular weight is 707 g/mol. The molecule has 1 saturated carbocycles. The lowest BCUT2D eigenvalue weighted by Gasteiger charge is -2.45. The number of carbonyl (C=O) groups excluding carboxylic acids is 1. The summed E-state index contributed by atoms with van der Waals surface area (Å²) in [7, 11) is 1.35. The third-order valence-electron chi connectivity index (χ3n) is 9.01. The van der Waals surface area contributed by atoms with Gasteiger partial charge in [0.2, 0.25) is 5.91 Å². The van der Waals surface area contributed by atoms with Gasteiger partial charge in [0.15, 0.2) is 0 Å². The fourth-order valence-corrected chi connectivity index (χ4v) is 6.71. The number of nitrogens with zero attached hydrogens (tertiary/aromatic N) is 6. The summed E-state index contributed by atoms with van der Waals surface area (Å²) < 4.78 is 124. The molecule has 266 valence electrons. The lowest BCUT2D eigenvalue weighted by molar-refractivity contribution is -0.143. The molecule has 2 aliphatic rings. The van der Waals surface area contributed by atoms with E-state index in [4.69, 9.17) is 5.11 Å². The van der Waals surface area contributed by atoms with Crippen molar-refractivity contribution in [1.82, 2.24) is 20.2 Å². The predicted octanol–water partition coefficient (Wildman–Crippen LogP) is 7.42. The fourth-order valence-electron chi connectivity index (χ4n) is 6.71. The molecule has 0 radical (unpaired) electrons. The monoisotopic (exact) mass is 706 g/mol. The SMILES string of the molecule is C[C@@H]1C[C@H](N(Cc2cc(C(F)(F)F)cc(C(F)(F)F)c2)c2nnn(C)n2)c2cc(C(F)(F)F)ccc2N1C(=O)C1CCC(CC(=O)O)CC1. The van der Waals surface area contributed by atoms with Crippen molar-refractivity contribution in [3.05, 3.63) is 64.2 Å². The van der Waals surface area contributed by atoms with Crippen LogP contribution in [0, 0.1) is 11.8 Å². The first-order valence-corrected chi connectivity index (χ1v) is 15.3. The Bertz CT molecular complexity index is 1660. The van der Waals surface area contributed by atoms with Crippen LogP contribution in [0.5, 0.6) is 0 Å². The van der Waals surface area contributed by atoms with Crippen LogP contribution in [-0.4, -0.2) is 43.2 Å². The number of anilines is 2. The van der Waals surface area contributed by atoms with Gasteiger partial charge in [-0.3, -0.25) is 9.59 Å². The number of aryl methyl sites for hydroxylation is 1. The van der Waals surface area contributed by atoms with Crippen LogP contribution in [0.2, 0.25) is 0 Å². The third kappa shape index (κ3) is 7.93. The van der Waals surface area contributed by atoms with Crippen molar-refractivity contribution in [2.24, 2.45) is 18.9 Å². The number of hydrogen-bond acceptors (Lipinski definition) is 6. The standard InChI is InChI=1S/C31H31F9N6O3/c1-16-9-25(45(28-41-43-44(2)42-28)15-18-10-21(30(35,36)37)13-22(11-18)31(38,39)40)23-14-20(29(32,33)34)7-8-24(23)46(16)27(49)19-5-3-17(4-6-19)12-26(47)48/h7-8,10-11,13-14,16-17,19,25H,3-6,9,12,15H2,1-2H3,(H,47,48)/t16-,17?,19?,25+/m1/s1. The zero-order chi connectivity index (χ0) is 36.1. The molecule has 2 heterocycles. The van der Waals surface area contributed by atoms with Crippen LogP contribution >= 0.6 is 0 Å². The van der Waals surface area contributed by atoms with Gasteiger partial charge >= 0.3 is 24.5 Å². The minimum atomic E-state index is -5.15. The van der Waals surface area contributed by atoms with Crippen molar-refractivity contribution in [3.8, 4) is 0 Å². The van der Waals surface area contributed by atoms with E-state index in [1.54, 1.807) is 6.92 Å². The highest BCUT2D eigenvalue weighted by atomic mass is 19.4. The zero-order valence-electron chi connectivity index (χ0n) is 26.1. The van der Waals surface area contributed by atoms with Gasteiger partial charge in [0.25, 0.3) is 5.95 Å². The largest absolute Gasteiger partial charge is 0.481 e. The van der Waals surface area contributed by atoms with E-state index >= 15 is 0 Å². The average Bonchev–Trinajstić information content (AvgIpc) is 3.43. The van der Waals surface area contributed by atoms with Gasteiger partial charge in [-0.2, -0.15) is 44.3 Å². The van der Waals surface area contributed by atoms with Crippen molar-refractivity contribution < 1.29 is 54.2 Å². The molecule has 5 rings (SSSR count). The van der Waals surface area contributed by atoms with Crippen molar-refractivity contribution in [2.75, 3.05) is 9.80 Å². The van der Waals surface area contributed by atoms with Crippen molar-refractivity contribution in [1.29, 1.82) is 0 Å². The number of rotatable bonds is 7. The molecule has 1 amide bonds. The number of aliphatic carboxylic acids is 1. The molecule has 1 N–H and O–H groups in total. The Kier molecular flexibility index (Phi) is 9.64. The van der Waals surface area contributed by atoms with Gasteiger partial charge < -0.3 is 14.9 Å². The van der Waals surface area contributed by atoms with E-state index in [1.807, 2.05) is 0 Å². The first kappa shape index (κ1) is 35.9. The molecule has 2 atom stereocenters. The van der Waals surface area contributed by atoms with Crippen LogP contribution in [0.25, 0.3) is 0 Å². The molecular weight excluding hydrogens is 675 g/mol. The summed E-state index contributed by atoms with van der Waals surface area (Å²) in [5.74, 6) is -2.26. The number of fused-ring (bicyclic) bond motifs is 1. The normalized spacial score (nSPS) is 21.7. The first-order valence-electron chi connectivity index (χ1n) is 15.3. The molecule has 2 aromatic carbocycles. The van der Waals surface area contributed by atoms with Gasteiger partial charge in [0.05, 0.1) is 29.8 Å². The first-order chi connectivity index (χ1) is 22.7. The summed E-state index contributed by atoms with van der Waals surface area (Å²) in [6.07, 6.45) is -13.6. The molecule has 0 saturated heterocycles. The topological polar surface area (TPSA) is 104 Å². The van der Waals surface area contributed by atoms with Crippen molar-refractivity contribution in [2.45, 2.75) is 82.6 Å². The predicted molar refractivity (Wildman–Crippen MR) is 155 cm³/mol. The van der Waals surface area contributed by atoms with E-state index < -0.39 is 71.3 Å². The van der Waals surface area contributed by atoms with E-state index in [0.29, 0.717) is 37.8 Å². The van der Waals surface area contributed by atoms with E-state index in [0.717, 1.165) is 23.0 Å². The molecule has 0 spiro atoms. The molecule has 49 heavy (non-hydrogen) atoms. The van der Waals surface area contributed by atoms with Crippen LogP contribution < -0.4 is 9.80 Å². The van der Waals surface area contributed by atoms with Crippen LogP contribution in [0.3, 0.4) is 0 Å². The quantitative estimate of drug-likeness (QED) is 0.255. The second-order valence-electron chi connectivity index (χ2n) is 12.5. The summed E-state index contributed by atoms with van der Waals surface area (Å²) in [6, 6.07) is 1.89. The number of carboxylic acid groups (broad SMARTS) is 1. The number of hydrogen-bond donors (Lipinski definition) is 1. The number of aromatic nitrogens is 4. The van der Waals surface area contributed by atoms with Gasteiger partial charge in [-0.15, -0.1) is 5.10 Å². The molecule has 1 aliphatic heterocycles. The summed E-state index contributed by atoms with van der Waals surface area (Å²) >= 11 is 0. The van der Waals surface area contributed by atoms with Gasteiger partial charge in [0, 0.05) is 30.6 Å². The molecule has 0 unspecified atom stereocenters. The zero-order valence-corrected chi connectivity index (χ0v) is 26.1. The Labute approximate surface area is 273 Å². The van der Waals surface area contributed by atoms with E-state index in [2.05, 4.69) is 15.4 Å². The number of carbonyl (C=O) groups is 2. The highest BCUT2D eigenvalue weighted by Gasteiger charge is 2.43. The number of benzene rings is 2. The fraction of sp³-hybridized carbons (Fsp3) is 0.516. The Morgan fingerprint density at radius 1 is 0.878 bits per heavy atom. The number of halogens is 9. The van der Waals surface area contributed by atoms with Crippen molar-refractivity contribution in [3.63, 3.8) is 0 Å². The van der Waals surface area contributed by atoms with Gasteiger partial charge in [-0.1, -0.05) is 5.10 Å². The second kappa shape index (κ2) is 13.2. The lowest BCUT2D eigenvalue weighted by Crippen LogP contribution is -2.49. The maximum absolute atomic E-state index is 14.0. The van der Waals surface area contributed by atoms with E-state index in [9.17, 15) is 49.1 Å². The summed E-state index contributed by atoms with van der Waals surface area (Å²) in [6.45, 7) is 0.948. The lowest BCUT2D eigenvalue weighted by atomic mass is 9.79. The van der Waals surface area contributed by atoms with Gasteiger partial charge in [-0.25, -0.2) is 0 Å². The summed E-state index contributed by atoms with van der Waals surface area (Å²) in [5.41, 5.74) is -4.67. The Hall–Kier alpha value is -4.38. The molecular formula is C31H31F9N6O3. The van der Waals surface area contributed by atoms with Crippen LogP contribution in [0.1, 0.15) is 79.3 Å². The Morgan fingerprint density at radius 3 is 1.98 bits per heavy atom. The summed E-state index contributed by atoms with van der Waals surface area (Å²) in [5, 5.41) is 20.8. The molecule has 1 aromatic heterocycles. The number of tetrazole rings is 1. The number of amides is 1. The maximum Gasteiger partial charge on any atom is 0.416 e. The summed E-state index contributed by atoms with van der Waals surface area (Å²) in [4.78, 5) is 28.7. The van der Waals surface area contributed by atoms with E-state index in [-0.39, 0.29) is 47.9 Å². The van der Waals surface area contributed by atoms with Crippen LogP contribution in [-0.2, 0) is 41.7 Å². The van der Waals surface area contributed by atoms with Crippen LogP contribution in [0.15, 0.2) is 36.4 Å². The molecule has 18 heteroatoms. The third-order valence-corrected chi connectivity index (χ3v) is 9.01. The number of carboxylic acids is 1. The second-order valence-corrected chi connectivity index (χ2v) is 12.5. The molecule has 1 aliphatic carbocycles. The molecule has 1 fully saturated rings. The van der Waals surface area contributed by atoms with Gasteiger partial charge in [0.1, 0.15) is 0 Å². The highest BCUT2D eigenvalue weighted by Crippen LogP contribution is 2.46. The molecule has 3 aromatic rings. The minimum Gasteiger partial charge on any atom is -0.481 e. The van der Waals surface area contributed by atoms with Crippen LogP contribution in [0.4, 0.5) is 51.1 Å². The Balaban J connectivity index is 1.59.